The molecule has 14 heavy (non-hydrogen) atoms. The second kappa shape index (κ2) is 4.65. The predicted octanol–water partition coefficient (Wildman–Crippen LogP) is 3.08. The Morgan fingerprint density at radius 1 is 1.36 bits per heavy atom. The number of aryl methyl sites for hydroxylation is 1. The van der Waals surface area contributed by atoms with E-state index in [-0.39, 0.29) is 6.09 Å². The number of hydrogen-bond donors (Lipinski definition) is 1. The minimum atomic E-state index is -0.367. The Morgan fingerprint density at radius 3 is 2.79 bits per heavy atom. The lowest BCUT2D eigenvalue weighted by molar-refractivity contribution is 0.151. The highest BCUT2D eigenvalue weighted by Crippen LogP contribution is 2.22. The zero-order valence-corrected chi connectivity index (χ0v) is 8.76. The van der Waals surface area contributed by atoms with Crippen LogP contribution in [0.1, 0.15) is 25.0 Å². The molecule has 76 valence electrons. The summed E-state index contributed by atoms with van der Waals surface area (Å²) in [6.45, 7) is 6.36. The van der Waals surface area contributed by atoms with E-state index < -0.39 is 0 Å². The molecule has 1 aromatic rings. The first-order valence-corrected chi connectivity index (χ1v) is 4.79. The van der Waals surface area contributed by atoms with E-state index in [0.29, 0.717) is 6.61 Å². The molecular formula is C11H15NO2. The highest BCUT2D eigenvalue weighted by Gasteiger charge is 2.14. The van der Waals surface area contributed by atoms with Crippen LogP contribution < -0.4 is 5.32 Å². The number of anilines is 1. The Labute approximate surface area is 84.1 Å². The number of ether oxygens (including phenoxy) is 1. The van der Waals surface area contributed by atoms with Crippen molar-refractivity contribution in [1.82, 2.24) is 0 Å². The van der Waals surface area contributed by atoms with Crippen molar-refractivity contribution in [1.29, 1.82) is 0 Å². The molecule has 0 spiro atoms. The molecule has 3 heteroatoms. The lowest BCUT2D eigenvalue weighted by atomic mass is 10.1. The number of carbonyl (C=O) groups excluding carboxylic acids is 1. The van der Waals surface area contributed by atoms with Crippen molar-refractivity contribution < 1.29 is 9.53 Å². The summed E-state index contributed by atoms with van der Waals surface area (Å²) in [6, 6.07) is 5.90. The van der Waals surface area contributed by atoms with Crippen LogP contribution in [0, 0.1) is 6.92 Å². The van der Waals surface area contributed by atoms with E-state index in [2.05, 4.69) is 5.32 Å². The highest BCUT2D eigenvalue weighted by atomic mass is 16.5. The Balaban J connectivity index is 0.000000461. The van der Waals surface area contributed by atoms with Crippen molar-refractivity contribution in [2.24, 2.45) is 0 Å². The maximum atomic E-state index is 10.8. The van der Waals surface area contributed by atoms with Crippen LogP contribution >= 0.6 is 0 Å². The van der Waals surface area contributed by atoms with Crippen LogP contribution in [0.2, 0.25) is 0 Å². The first-order chi connectivity index (χ1) is 6.75. The van der Waals surface area contributed by atoms with Gasteiger partial charge >= 0.3 is 6.09 Å². The summed E-state index contributed by atoms with van der Waals surface area (Å²) >= 11 is 0. The van der Waals surface area contributed by atoms with Gasteiger partial charge in [0.15, 0.2) is 0 Å². The van der Waals surface area contributed by atoms with Crippen molar-refractivity contribution in [2.75, 3.05) is 5.32 Å². The summed E-state index contributed by atoms with van der Waals surface area (Å²) in [5.41, 5.74) is 3.03. The van der Waals surface area contributed by atoms with Gasteiger partial charge in [0, 0.05) is 5.56 Å². The minimum Gasteiger partial charge on any atom is -0.444 e. The SMILES string of the molecule is CC.Cc1ccc2c(c1)NC(=O)OC2. The fourth-order valence-corrected chi connectivity index (χ4v) is 1.22. The van der Waals surface area contributed by atoms with Gasteiger partial charge in [0.25, 0.3) is 0 Å². The van der Waals surface area contributed by atoms with Crippen LogP contribution in [0.15, 0.2) is 18.2 Å². The molecule has 0 atom stereocenters. The third kappa shape index (κ3) is 2.25. The lowest BCUT2D eigenvalue weighted by Crippen LogP contribution is -2.20. The summed E-state index contributed by atoms with van der Waals surface area (Å²) in [6.07, 6.45) is -0.367. The number of fused-ring (bicyclic) bond motifs is 1. The van der Waals surface area contributed by atoms with Gasteiger partial charge in [-0.1, -0.05) is 26.0 Å². The van der Waals surface area contributed by atoms with E-state index in [1.165, 1.54) is 0 Å². The Hall–Kier alpha value is -1.51. The predicted molar refractivity (Wildman–Crippen MR) is 56.3 cm³/mol. The average molecular weight is 193 g/mol. The average Bonchev–Trinajstić information content (AvgIpc) is 2.20. The van der Waals surface area contributed by atoms with E-state index in [1.54, 1.807) is 0 Å². The molecule has 2 rings (SSSR count). The van der Waals surface area contributed by atoms with Crippen molar-refractivity contribution in [3.05, 3.63) is 29.3 Å². The molecule has 1 aliphatic heterocycles. The monoisotopic (exact) mass is 193 g/mol. The topological polar surface area (TPSA) is 38.3 Å². The molecule has 0 aliphatic carbocycles. The quantitative estimate of drug-likeness (QED) is 0.687. The van der Waals surface area contributed by atoms with E-state index in [9.17, 15) is 4.79 Å². The summed E-state index contributed by atoms with van der Waals surface area (Å²) in [5.74, 6) is 0. The molecular weight excluding hydrogens is 178 g/mol. The molecule has 1 amide bonds. The van der Waals surface area contributed by atoms with Crippen molar-refractivity contribution >= 4 is 11.8 Å². The van der Waals surface area contributed by atoms with Crippen molar-refractivity contribution in [3.8, 4) is 0 Å². The van der Waals surface area contributed by atoms with E-state index in [0.717, 1.165) is 16.8 Å². The molecule has 0 radical (unpaired) electrons. The van der Waals surface area contributed by atoms with Gasteiger partial charge < -0.3 is 4.74 Å². The summed E-state index contributed by atoms with van der Waals surface area (Å²) in [7, 11) is 0. The highest BCUT2D eigenvalue weighted by molar-refractivity contribution is 5.87. The molecule has 1 aromatic carbocycles. The van der Waals surface area contributed by atoms with Crippen LogP contribution in [-0.4, -0.2) is 6.09 Å². The van der Waals surface area contributed by atoms with Crippen molar-refractivity contribution in [2.45, 2.75) is 27.4 Å². The van der Waals surface area contributed by atoms with Crippen molar-refractivity contribution in [3.63, 3.8) is 0 Å². The maximum Gasteiger partial charge on any atom is 0.411 e. The fourth-order valence-electron chi connectivity index (χ4n) is 1.22. The minimum absolute atomic E-state index is 0.367. The molecule has 3 nitrogen and oxygen atoms in total. The molecule has 0 unspecified atom stereocenters. The largest absolute Gasteiger partial charge is 0.444 e. The third-order valence-electron chi connectivity index (χ3n) is 1.86. The van der Waals surface area contributed by atoms with E-state index >= 15 is 0 Å². The number of carbonyl (C=O) groups is 1. The molecule has 0 bridgehead atoms. The summed E-state index contributed by atoms with van der Waals surface area (Å²) in [4.78, 5) is 10.8. The number of nitrogens with one attached hydrogen (secondary N) is 1. The zero-order chi connectivity index (χ0) is 10.6. The molecule has 0 saturated heterocycles. The number of rotatable bonds is 0. The van der Waals surface area contributed by atoms with Crippen LogP contribution in [0.25, 0.3) is 0 Å². The first-order valence-electron chi connectivity index (χ1n) is 4.79. The molecule has 1 aliphatic rings. The van der Waals surface area contributed by atoms with Gasteiger partial charge in [-0.15, -0.1) is 0 Å². The number of cyclic esters (lactones) is 1. The standard InChI is InChI=1S/C9H9NO2.C2H6/c1-6-2-3-7-5-12-9(11)10-8(7)4-6;1-2/h2-4H,5H2,1H3,(H,10,11);1-2H3. The van der Waals surface area contributed by atoms with Gasteiger partial charge in [-0.3, -0.25) is 5.32 Å². The normalized spacial score (nSPS) is 12.9. The fraction of sp³-hybridized carbons (Fsp3) is 0.364. The lowest BCUT2D eigenvalue weighted by Gasteiger charge is -2.17. The Morgan fingerprint density at radius 2 is 2.07 bits per heavy atom. The molecule has 0 fully saturated rings. The van der Waals surface area contributed by atoms with Crippen LogP contribution in [-0.2, 0) is 11.3 Å². The maximum absolute atomic E-state index is 10.8. The zero-order valence-electron chi connectivity index (χ0n) is 8.76. The van der Waals surface area contributed by atoms with Crippen LogP contribution in [0.5, 0.6) is 0 Å². The van der Waals surface area contributed by atoms with Gasteiger partial charge in [-0.25, -0.2) is 4.79 Å². The summed E-state index contributed by atoms with van der Waals surface area (Å²) in [5, 5.41) is 2.64. The number of benzene rings is 1. The van der Waals surface area contributed by atoms with Gasteiger partial charge in [0.1, 0.15) is 6.61 Å². The first kappa shape index (κ1) is 10.6. The molecule has 1 heterocycles. The molecule has 0 saturated carbocycles. The van der Waals surface area contributed by atoms with Gasteiger partial charge in [0.05, 0.1) is 5.69 Å². The van der Waals surface area contributed by atoms with E-state index in [4.69, 9.17) is 4.74 Å². The Kier molecular flexibility index (Phi) is 3.51. The van der Waals surface area contributed by atoms with E-state index in [1.807, 2.05) is 39.0 Å². The second-order valence-electron chi connectivity index (χ2n) is 2.86. The number of hydrogen-bond acceptors (Lipinski definition) is 2. The summed E-state index contributed by atoms with van der Waals surface area (Å²) < 4.78 is 4.79. The number of amides is 1. The van der Waals surface area contributed by atoms with Crippen LogP contribution in [0.4, 0.5) is 10.5 Å². The third-order valence-corrected chi connectivity index (χ3v) is 1.86. The Bertz CT molecular complexity index is 334. The van der Waals surface area contributed by atoms with Gasteiger partial charge in [0.2, 0.25) is 0 Å². The van der Waals surface area contributed by atoms with Crippen LogP contribution in [0.3, 0.4) is 0 Å². The smallest absolute Gasteiger partial charge is 0.411 e. The molecule has 1 N–H and O–H groups in total. The van der Waals surface area contributed by atoms with Gasteiger partial charge in [-0.2, -0.15) is 0 Å². The van der Waals surface area contributed by atoms with Gasteiger partial charge in [-0.05, 0) is 18.6 Å². The molecule has 0 aromatic heterocycles. The second-order valence-corrected chi connectivity index (χ2v) is 2.86.